The van der Waals surface area contributed by atoms with Crippen LogP contribution in [-0.4, -0.2) is 30.3 Å². The molecule has 0 fully saturated rings. The predicted octanol–water partition coefficient (Wildman–Crippen LogP) is 3.10. The topological polar surface area (TPSA) is 68.4 Å². The third-order valence-electron chi connectivity index (χ3n) is 3.38. The molecule has 0 aliphatic rings. The molecular weight excluding hydrogens is 282 g/mol. The van der Waals surface area contributed by atoms with Gasteiger partial charge in [0.1, 0.15) is 0 Å². The number of ether oxygens (including phenoxy) is 2. The van der Waals surface area contributed by atoms with Gasteiger partial charge in [-0.05, 0) is 45.0 Å². The van der Waals surface area contributed by atoms with E-state index < -0.39 is 0 Å². The molecule has 116 valence electrons. The number of carbonyl (C=O) groups is 2. The molecule has 0 saturated carbocycles. The zero-order valence-electron chi connectivity index (χ0n) is 13.1. The van der Waals surface area contributed by atoms with Crippen LogP contribution in [0.25, 0.3) is 0 Å². The molecule has 1 heterocycles. The van der Waals surface area contributed by atoms with Gasteiger partial charge in [0.15, 0.2) is 23.9 Å². The Hall–Kier alpha value is -2.56. The number of hydrogen-bond acceptors (Lipinski definition) is 4. The summed E-state index contributed by atoms with van der Waals surface area (Å²) in [6, 6.07) is 6.69. The predicted molar refractivity (Wildman–Crippen MR) is 83.1 cm³/mol. The first-order valence-corrected chi connectivity index (χ1v) is 6.93. The Morgan fingerprint density at radius 3 is 2.41 bits per heavy atom. The van der Waals surface area contributed by atoms with Crippen molar-refractivity contribution in [1.29, 1.82) is 0 Å². The summed E-state index contributed by atoms with van der Waals surface area (Å²) in [6.45, 7) is 5.14. The van der Waals surface area contributed by atoms with Crippen LogP contribution in [0.5, 0.6) is 11.5 Å². The molecule has 5 nitrogen and oxygen atoms in total. The summed E-state index contributed by atoms with van der Waals surface area (Å²) in [5.41, 5.74) is 2.92. The van der Waals surface area contributed by atoms with E-state index in [9.17, 15) is 9.59 Å². The molecule has 0 amide bonds. The molecule has 2 aromatic rings. The second kappa shape index (κ2) is 6.47. The summed E-state index contributed by atoms with van der Waals surface area (Å²) in [5.74, 6) is 0.701. The van der Waals surface area contributed by atoms with E-state index in [1.165, 1.54) is 14.0 Å². The number of rotatable bonds is 6. The Labute approximate surface area is 129 Å². The van der Waals surface area contributed by atoms with E-state index in [-0.39, 0.29) is 18.2 Å². The Kier molecular flexibility index (Phi) is 4.65. The van der Waals surface area contributed by atoms with Gasteiger partial charge in [-0.25, -0.2) is 0 Å². The van der Waals surface area contributed by atoms with Crippen molar-refractivity contribution in [2.45, 2.75) is 20.8 Å². The molecule has 0 unspecified atom stereocenters. The molecule has 0 saturated heterocycles. The van der Waals surface area contributed by atoms with Crippen LogP contribution in [0.3, 0.4) is 0 Å². The maximum absolute atomic E-state index is 12.2. The maximum Gasteiger partial charge on any atom is 0.202 e. The van der Waals surface area contributed by atoms with Crippen molar-refractivity contribution in [1.82, 2.24) is 4.98 Å². The normalized spacial score (nSPS) is 10.4. The van der Waals surface area contributed by atoms with Crippen LogP contribution >= 0.6 is 0 Å². The van der Waals surface area contributed by atoms with Gasteiger partial charge in [-0.3, -0.25) is 9.59 Å². The fourth-order valence-corrected chi connectivity index (χ4v) is 2.24. The molecule has 0 spiro atoms. The first kappa shape index (κ1) is 15.8. The highest BCUT2D eigenvalue weighted by Gasteiger charge is 2.14. The molecule has 0 aliphatic heterocycles. The number of H-pyrrole nitrogens is 1. The molecule has 5 heteroatoms. The summed E-state index contributed by atoms with van der Waals surface area (Å²) in [7, 11) is 1.49. The van der Waals surface area contributed by atoms with Crippen molar-refractivity contribution in [3.05, 3.63) is 46.8 Å². The lowest BCUT2D eigenvalue weighted by molar-refractivity contribution is 0.0917. The molecule has 22 heavy (non-hydrogen) atoms. The second-order valence-electron chi connectivity index (χ2n) is 5.12. The van der Waals surface area contributed by atoms with Gasteiger partial charge in [-0.1, -0.05) is 0 Å². The van der Waals surface area contributed by atoms with Crippen molar-refractivity contribution in [3.63, 3.8) is 0 Å². The number of aromatic nitrogens is 1. The highest BCUT2D eigenvalue weighted by Crippen LogP contribution is 2.28. The van der Waals surface area contributed by atoms with Crippen LogP contribution in [0.4, 0.5) is 0 Å². The molecule has 0 radical (unpaired) electrons. The molecule has 1 aromatic carbocycles. The lowest BCUT2D eigenvalue weighted by atomic mass is 10.1. The largest absolute Gasteiger partial charge is 0.493 e. The number of aromatic amines is 1. The number of Topliss-reactive ketones (excluding diaryl/α,β-unsaturated/α-hetero) is 2. The molecular formula is C17H19NO4. The van der Waals surface area contributed by atoms with E-state index in [0.29, 0.717) is 22.6 Å². The Morgan fingerprint density at radius 2 is 1.86 bits per heavy atom. The highest BCUT2D eigenvalue weighted by molar-refractivity contribution is 5.98. The first-order chi connectivity index (χ1) is 10.4. The number of nitrogens with one attached hydrogen (secondary N) is 1. The van der Waals surface area contributed by atoms with Crippen molar-refractivity contribution in [2.75, 3.05) is 13.7 Å². The maximum atomic E-state index is 12.2. The number of aryl methyl sites for hydroxylation is 2. The van der Waals surface area contributed by atoms with Gasteiger partial charge in [0, 0.05) is 22.5 Å². The van der Waals surface area contributed by atoms with Gasteiger partial charge in [-0.2, -0.15) is 0 Å². The fourth-order valence-electron chi connectivity index (χ4n) is 2.24. The van der Waals surface area contributed by atoms with E-state index in [1.807, 2.05) is 13.8 Å². The summed E-state index contributed by atoms with van der Waals surface area (Å²) >= 11 is 0. The summed E-state index contributed by atoms with van der Waals surface area (Å²) in [6.07, 6.45) is 0. The minimum atomic E-state index is -0.112. The Bertz CT molecular complexity index is 715. The second-order valence-corrected chi connectivity index (χ2v) is 5.12. The SMILES string of the molecule is COc1cc(C(C)=O)ccc1OCC(=O)c1cc(C)[nH]c1C. The number of carbonyl (C=O) groups excluding carboxylic acids is 2. The average molecular weight is 301 g/mol. The summed E-state index contributed by atoms with van der Waals surface area (Å²) in [4.78, 5) is 26.6. The molecule has 0 aliphatic carbocycles. The minimum Gasteiger partial charge on any atom is -0.493 e. The van der Waals surface area contributed by atoms with E-state index in [2.05, 4.69) is 4.98 Å². The van der Waals surface area contributed by atoms with Gasteiger partial charge in [0.2, 0.25) is 5.78 Å². The van der Waals surface area contributed by atoms with Crippen molar-refractivity contribution in [3.8, 4) is 11.5 Å². The van der Waals surface area contributed by atoms with Crippen molar-refractivity contribution >= 4 is 11.6 Å². The Balaban J connectivity index is 2.12. The van der Waals surface area contributed by atoms with Crippen LogP contribution in [0.15, 0.2) is 24.3 Å². The third kappa shape index (κ3) is 3.36. The smallest absolute Gasteiger partial charge is 0.202 e. The fraction of sp³-hybridized carbons (Fsp3) is 0.294. The zero-order chi connectivity index (χ0) is 16.3. The van der Waals surface area contributed by atoms with Crippen molar-refractivity contribution in [2.24, 2.45) is 0 Å². The lowest BCUT2D eigenvalue weighted by Crippen LogP contribution is -2.12. The van der Waals surface area contributed by atoms with Gasteiger partial charge in [-0.15, -0.1) is 0 Å². The number of benzene rings is 1. The van der Waals surface area contributed by atoms with Gasteiger partial charge < -0.3 is 14.5 Å². The zero-order valence-corrected chi connectivity index (χ0v) is 13.1. The van der Waals surface area contributed by atoms with E-state index in [4.69, 9.17) is 9.47 Å². The number of methoxy groups -OCH3 is 1. The van der Waals surface area contributed by atoms with E-state index >= 15 is 0 Å². The third-order valence-corrected chi connectivity index (χ3v) is 3.38. The van der Waals surface area contributed by atoms with E-state index in [0.717, 1.165) is 11.4 Å². The van der Waals surface area contributed by atoms with E-state index in [1.54, 1.807) is 24.3 Å². The molecule has 1 aromatic heterocycles. The van der Waals surface area contributed by atoms with Crippen LogP contribution in [-0.2, 0) is 0 Å². The summed E-state index contributed by atoms with van der Waals surface area (Å²) < 4.78 is 10.8. The lowest BCUT2D eigenvalue weighted by Gasteiger charge is -2.11. The standard InChI is InChI=1S/C17H19NO4/c1-10-7-14(11(2)18-10)15(20)9-22-16-6-5-13(12(3)19)8-17(16)21-4/h5-8,18H,9H2,1-4H3. The highest BCUT2D eigenvalue weighted by atomic mass is 16.5. The van der Waals surface area contributed by atoms with Gasteiger partial charge >= 0.3 is 0 Å². The molecule has 1 N–H and O–H groups in total. The van der Waals surface area contributed by atoms with Crippen LogP contribution in [0.1, 0.15) is 39.0 Å². The molecule has 0 bridgehead atoms. The summed E-state index contributed by atoms with van der Waals surface area (Å²) in [5, 5.41) is 0. The monoisotopic (exact) mass is 301 g/mol. The molecule has 2 rings (SSSR count). The van der Waals surface area contributed by atoms with Gasteiger partial charge in [0.25, 0.3) is 0 Å². The number of ketones is 2. The number of hydrogen-bond donors (Lipinski definition) is 1. The Morgan fingerprint density at radius 1 is 1.14 bits per heavy atom. The quantitative estimate of drug-likeness (QED) is 0.832. The van der Waals surface area contributed by atoms with Crippen LogP contribution in [0, 0.1) is 13.8 Å². The minimum absolute atomic E-state index is 0.0562. The van der Waals surface area contributed by atoms with Crippen LogP contribution < -0.4 is 9.47 Å². The molecule has 0 atom stereocenters. The average Bonchev–Trinajstić information content (AvgIpc) is 2.83. The van der Waals surface area contributed by atoms with Gasteiger partial charge in [0.05, 0.1) is 7.11 Å². The first-order valence-electron chi connectivity index (χ1n) is 6.93. The van der Waals surface area contributed by atoms with Crippen LogP contribution in [0.2, 0.25) is 0 Å². The van der Waals surface area contributed by atoms with Crippen molar-refractivity contribution < 1.29 is 19.1 Å².